The van der Waals surface area contributed by atoms with Crippen LogP contribution in [-0.2, 0) is 0 Å². The molecule has 0 saturated carbocycles. The summed E-state index contributed by atoms with van der Waals surface area (Å²) in [6.45, 7) is 0. The second-order valence-corrected chi connectivity index (χ2v) is 6.51. The summed E-state index contributed by atoms with van der Waals surface area (Å²) >= 11 is 12.3. The summed E-state index contributed by atoms with van der Waals surface area (Å²) < 4.78 is 0.650. The minimum absolute atomic E-state index is 0.0918. The SMILES string of the molecule is O=C(/C=C\c1ccccc1Cl)c1cc(Br)cc(Br)c(=O)c1O. The first-order valence-corrected chi connectivity index (χ1v) is 8.06. The van der Waals surface area contributed by atoms with Gasteiger partial charge in [0.2, 0.25) is 5.43 Å². The van der Waals surface area contributed by atoms with Gasteiger partial charge >= 0.3 is 0 Å². The van der Waals surface area contributed by atoms with Crippen molar-refractivity contribution in [3.8, 4) is 5.75 Å². The normalized spacial score (nSPS) is 10.9. The Labute approximate surface area is 148 Å². The van der Waals surface area contributed by atoms with E-state index in [0.29, 0.717) is 15.1 Å². The average Bonchev–Trinajstić information content (AvgIpc) is 2.58. The molecule has 0 unspecified atom stereocenters. The Bertz CT molecular complexity index is 832. The molecule has 0 heterocycles. The fourth-order valence-electron chi connectivity index (χ4n) is 1.72. The number of halogens is 3. The minimum Gasteiger partial charge on any atom is -0.504 e. The number of hydrogen-bond acceptors (Lipinski definition) is 3. The highest BCUT2D eigenvalue weighted by Gasteiger charge is 2.13. The number of allylic oxidation sites excluding steroid dienone is 1. The van der Waals surface area contributed by atoms with Crippen molar-refractivity contribution in [3.63, 3.8) is 0 Å². The van der Waals surface area contributed by atoms with E-state index in [2.05, 4.69) is 31.9 Å². The number of hydrogen-bond donors (Lipinski definition) is 1. The number of rotatable bonds is 3. The third-order valence-electron chi connectivity index (χ3n) is 2.82. The fraction of sp³-hybridized carbons (Fsp3) is 0. The molecule has 2 aromatic carbocycles. The zero-order chi connectivity index (χ0) is 16.3. The van der Waals surface area contributed by atoms with Crippen molar-refractivity contribution in [2.45, 2.75) is 0 Å². The molecule has 0 radical (unpaired) electrons. The van der Waals surface area contributed by atoms with Gasteiger partial charge in [-0.1, -0.05) is 45.7 Å². The van der Waals surface area contributed by atoms with E-state index in [1.807, 2.05) is 0 Å². The summed E-state index contributed by atoms with van der Waals surface area (Å²) in [6, 6.07) is 9.89. The lowest BCUT2D eigenvalue weighted by molar-refractivity contribution is 0.104. The summed E-state index contributed by atoms with van der Waals surface area (Å²) in [6.07, 6.45) is 2.79. The molecule has 0 aliphatic rings. The Kier molecular flexibility index (Phi) is 5.56. The smallest absolute Gasteiger partial charge is 0.235 e. The first-order valence-electron chi connectivity index (χ1n) is 6.09. The summed E-state index contributed by atoms with van der Waals surface area (Å²) in [4.78, 5) is 24.1. The number of carbonyl (C=O) groups excluding carboxylic acids is 1. The van der Waals surface area contributed by atoms with Crippen LogP contribution in [0.25, 0.3) is 6.08 Å². The second-order valence-electron chi connectivity index (χ2n) is 4.33. The van der Waals surface area contributed by atoms with Crippen LogP contribution in [0.3, 0.4) is 0 Å². The lowest BCUT2D eigenvalue weighted by Crippen LogP contribution is -2.03. The van der Waals surface area contributed by atoms with E-state index in [4.69, 9.17) is 11.6 Å². The molecule has 0 aliphatic heterocycles. The number of ketones is 1. The minimum atomic E-state index is -0.653. The van der Waals surface area contributed by atoms with Crippen LogP contribution < -0.4 is 5.43 Å². The summed E-state index contributed by atoms with van der Waals surface area (Å²) in [5.41, 5.74) is -0.0778. The molecule has 3 nitrogen and oxygen atoms in total. The second kappa shape index (κ2) is 7.22. The van der Waals surface area contributed by atoms with Gasteiger partial charge in [0.25, 0.3) is 0 Å². The highest BCUT2D eigenvalue weighted by atomic mass is 79.9. The fourth-order valence-corrected chi connectivity index (χ4v) is 3.12. The van der Waals surface area contributed by atoms with Crippen molar-refractivity contribution in [1.29, 1.82) is 0 Å². The van der Waals surface area contributed by atoms with Gasteiger partial charge in [-0.3, -0.25) is 9.59 Å². The van der Waals surface area contributed by atoms with Gasteiger partial charge in [-0.2, -0.15) is 0 Å². The van der Waals surface area contributed by atoms with Crippen LogP contribution in [0.5, 0.6) is 5.75 Å². The average molecular weight is 445 g/mol. The molecule has 1 N–H and O–H groups in total. The molecule has 0 spiro atoms. The van der Waals surface area contributed by atoms with Crippen molar-refractivity contribution in [3.05, 3.63) is 77.8 Å². The number of carbonyl (C=O) groups is 1. The first kappa shape index (κ1) is 16.9. The molecule has 112 valence electrons. The molecular weight excluding hydrogens is 435 g/mol. The van der Waals surface area contributed by atoms with Crippen molar-refractivity contribution < 1.29 is 9.90 Å². The van der Waals surface area contributed by atoms with Crippen LogP contribution in [0.2, 0.25) is 5.02 Å². The van der Waals surface area contributed by atoms with Gasteiger partial charge in [0.15, 0.2) is 11.5 Å². The van der Waals surface area contributed by atoms with Crippen LogP contribution in [0.4, 0.5) is 0 Å². The number of benzene rings is 1. The van der Waals surface area contributed by atoms with E-state index in [9.17, 15) is 14.7 Å². The molecule has 0 amide bonds. The van der Waals surface area contributed by atoms with Crippen LogP contribution >= 0.6 is 43.5 Å². The molecule has 0 aliphatic carbocycles. The molecule has 0 saturated heterocycles. The van der Waals surface area contributed by atoms with E-state index >= 15 is 0 Å². The van der Waals surface area contributed by atoms with Gasteiger partial charge in [0, 0.05) is 9.50 Å². The standard InChI is InChI=1S/C16H9Br2ClO3/c17-10-7-11(15(21)16(22)12(18)8-10)14(20)6-5-9-3-1-2-4-13(9)19/h1-8H,(H,21,22)/b6-5-. The monoisotopic (exact) mass is 442 g/mol. The van der Waals surface area contributed by atoms with Crippen LogP contribution in [0, 0.1) is 0 Å². The zero-order valence-electron chi connectivity index (χ0n) is 11.0. The highest BCUT2D eigenvalue weighted by Crippen LogP contribution is 2.22. The largest absolute Gasteiger partial charge is 0.504 e. The quantitative estimate of drug-likeness (QED) is 0.545. The van der Waals surface area contributed by atoms with Gasteiger partial charge in [-0.05, 0) is 51.8 Å². The molecule has 0 bridgehead atoms. The van der Waals surface area contributed by atoms with Gasteiger partial charge in [0.05, 0.1) is 10.0 Å². The van der Waals surface area contributed by atoms with Crippen molar-refractivity contribution >= 4 is 55.3 Å². The van der Waals surface area contributed by atoms with Crippen LogP contribution in [-0.4, -0.2) is 10.9 Å². The Balaban J connectivity index is 2.46. The summed E-state index contributed by atoms with van der Waals surface area (Å²) in [5, 5.41) is 10.4. The van der Waals surface area contributed by atoms with E-state index in [0.717, 1.165) is 0 Å². The molecular formula is C16H9Br2ClO3. The molecule has 0 atom stereocenters. The Morgan fingerprint density at radius 1 is 1.18 bits per heavy atom. The van der Waals surface area contributed by atoms with Crippen molar-refractivity contribution in [1.82, 2.24) is 0 Å². The van der Waals surface area contributed by atoms with Crippen LogP contribution in [0.15, 0.2) is 56.2 Å². The van der Waals surface area contributed by atoms with Gasteiger partial charge in [-0.25, -0.2) is 0 Å². The lowest BCUT2D eigenvalue weighted by Gasteiger charge is -1.98. The van der Waals surface area contributed by atoms with E-state index in [1.54, 1.807) is 24.3 Å². The molecule has 2 rings (SSSR count). The van der Waals surface area contributed by atoms with E-state index in [-0.39, 0.29) is 10.0 Å². The Hall–Kier alpha value is -1.43. The first-order chi connectivity index (χ1) is 10.4. The Morgan fingerprint density at radius 2 is 1.86 bits per heavy atom. The topological polar surface area (TPSA) is 54.4 Å². The van der Waals surface area contributed by atoms with E-state index in [1.165, 1.54) is 24.3 Å². The maximum absolute atomic E-state index is 12.2. The predicted molar refractivity (Wildman–Crippen MR) is 94.6 cm³/mol. The predicted octanol–water partition coefficient (Wildman–Crippen LogP) is 4.83. The van der Waals surface area contributed by atoms with Crippen molar-refractivity contribution in [2.24, 2.45) is 0 Å². The molecule has 6 heteroatoms. The van der Waals surface area contributed by atoms with Gasteiger partial charge in [0.1, 0.15) is 0 Å². The van der Waals surface area contributed by atoms with Crippen molar-refractivity contribution in [2.75, 3.05) is 0 Å². The lowest BCUT2D eigenvalue weighted by atomic mass is 10.1. The molecule has 22 heavy (non-hydrogen) atoms. The molecule has 0 aromatic heterocycles. The Morgan fingerprint density at radius 3 is 2.55 bits per heavy atom. The third-order valence-corrected chi connectivity index (χ3v) is 4.21. The summed E-state index contributed by atoms with van der Waals surface area (Å²) in [7, 11) is 0. The highest BCUT2D eigenvalue weighted by molar-refractivity contribution is 9.11. The zero-order valence-corrected chi connectivity index (χ0v) is 14.9. The third kappa shape index (κ3) is 3.85. The maximum atomic E-state index is 12.2. The van der Waals surface area contributed by atoms with E-state index < -0.39 is 17.0 Å². The summed E-state index contributed by atoms with van der Waals surface area (Å²) in [5.74, 6) is -1.11. The van der Waals surface area contributed by atoms with Gasteiger partial charge < -0.3 is 5.11 Å². The van der Waals surface area contributed by atoms with Gasteiger partial charge in [-0.15, -0.1) is 0 Å². The maximum Gasteiger partial charge on any atom is 0.235 e. The number of aromatic hydroxyl groups is 1. The molecule has 2 aromatic rings. The van der Waals surface area contributed by atoms with Crippen LogP contribution in [0.1, 0.15) is 15.9 Å². The molecule has 0 fully saturated rings.